The number of hydrogen-bond acceptors (Lipinski definition) is 6. The van der Waals surface area contributed by atoms with Gasteiger partial charge in [-0.15, -0.1) is 0 Å². The summed E-state index contributed by atoms with van der Waals surface area (Å²) in [7, 11) is -4.37. The summed E-state index contributed by atoms with van der Waals surface area (Å²) in [4.78, 5) is 15.2. The normalized spacial score (nSPS) is 42.9. The van der Waals surface area contributed by atoms with Gasteiger partial charge in [0.2, 0.25) is 5.91 Å². The summed E-state index contributed by atoms with van der Waals surface area (Å²) in [6.45, 7) is 7.04. The average molecular weight is 581 g/mol. The Morgan fingerprint density at radius 1 is 0.975 bits per heavy atom. The third-order valence-electron chi connectivity index (χ3n) is 13.2. The van der Waals surface area contributed by atoms with E-state index in [2.05, 4.69) is 20.8 Å². The van der Waals surface area contributed by atoms with Gasteiger partial charge in [-0.3, -0.25) is 4.79 Å². The summed E-state index contributed by atoms with van der Waals surface area (Å²) in [6.07, 6.45) is 14.0. The van der Waals surface area contributed by atoms with E-state index in [9.17, 15) is 28.0 Å². The minimum atomic E-state index is -4.37. The van der Waals surface area contributed by atoms with Gasteiger partial charge in [0.25, 0.3) is 0 Å². The van der Waals surface area contributed by atoms with E-state index in [0.29, 0.717) is 41.9 Å². The van der Waals surface area contributed by atoms with Crippen molar-refractivity contribution in [1.82, 2.24) is 4.90 Å². The lowest BCUT2D eigenvalue weighted by atomic mass is 9.43. The number of nitrogens with zero attached hydrogens (tertiary/aromatic N) is 1. The first kappa shape index (κ1) is 30.7. The van der Waals surface area contributed by atoms with Gasteiger partial charge in [0.15, 0.2) is 0 Å². The van der Waals surface area contributed by atoms with Crippen molar-refractivity contribution in [2.75, 3.05) is 12.3 Å². The van der Waals surface area contributed by atoms with Crippen LogP contribution in [0.25, 0.3) is 0 Å². The fourth-order valence-electron chi connectivity index (χ4n) is 11.0. The number of amides is 1. The summed E-state index contributed by atoms with van der Waals surface area (Å²) in [5.74, 6) is 2.37. The van der Waals surface area contributed by atoms with Crippen LogP contribution in [-0.4, -0.2) is 64.5 Å². The lowest BCUT2D eigenvalue weighted by Gasteiger charge is -2.62. The second-order valence-corrected chi connectivity index (χ2v) is 16.6. The Hall–Kier alpha value is -0.700. The third kappa shape index (κ3) is 5.77. The summed E-state index contributed by atoms with van der Waals surface area (Å²) in [6, 6.07) is 0.0428. The Bertz CT molecular complexity index is 1010. The monoisotopic (exact) mass is 580 g/mol. The number of fused-ring (bicyclic) bond motifs is 5. The molecule has 0 unspecified atom stereocenters. The van der Waals surface area contributed by atoms with Crippen molar-refractivity contribution in [2.45, 2.75) is 135 Å². The van der Waals surface area contributed by atoms with Gasteiger partial charge >= 0.3 is 0 Å². The smallest absolute Gasteiger partial charge is 0.222 e. The van der Waals surface area contributed by atoms with Crippen molar-refractivity contribution in [3.8, 4) is 0 Å². The van der Waals surface area contributed by atoms with E-state index in [1.54, 1.807) is 4.90 Å². The molecule has 0 radical (unpaired) electrons. The van der Waals surface area contributed by atoms with Gasteiger partial charge in [0.05, 0.1) is 28.1 Å². The van der Waals surface area contributed by atoms with Crippen LogP contribution in [0, 0.1) is 46.3 Å². The first-order valence-corrected chi connectivity index (χ1v) is 18.0. The molecule has 5 fully saturated rings. The molecule has 0 bridgehead atoms. The van der Waals surface area contributed by atoms with Crippen molar-refractivity contribution in [2.24, 2.45) is 46.3 Å². The van der Waals surface area contributed by atoms with Crippen LogP contribution in [-0.2, 0) is 14.9 Å². The van der Waals surface area contributed by atoms with Crippen molar-refractivity contribution < 1.29 is 28.0 Å². The van der Waals surface area contributed by atoms with Crippen LogP contribution < -0.4 is 0 Å². The average Bonchev–Trinajstić information content (AvgIpc) is 3.27. The van der Waals surface area contributed by atoms with E-state index in [1.807, 2.05) is 0 Å². The molecule has 1 amide bonds. The molecule has 0 spiro atoms. The molecule has 0 saturated heterocycles. The summed E-state index contributed by atoms with van der Waals surface area (Å²) in [5.41, 5.74) is 0.0847. The number of carbonyl (C=O) groups excluding carboxylic acids is 1. The Balaban J connectivity index is 1.25. The van der Waals surface area contributed by atoms with Crippen molar-refractivity contribution in [1.29, 1.82) is 0 Å². The molecule has 0 aromatic heterocycles. The quantitative estimate of drug-likeness (QED) is 0.386. The maximum atomic E-state index is 13.4. The highest BCUT2D eigenvalue weighted by molar-refractivity contribution is 7.85. The highest BCUT2D eigenvalue weighted by Crippen LogP contribution is 2.68. The van der Waals surface area contributed by atoms with Crippen LogP contribution >= 0.6 is 0 Å². The zero-order valence-corrected chi connectivity index (χ0v) is 25.9. The zero-order valence-electron chi connectivity index (χ0n) is 25.1. The fraction of sp³-hybridized carbons (Fsp3) is 0.969. The van der Waals surface area contributed by atoms with Crippen molar-refractivity contribution in [3.63, 3.8) is 0 Å². The molecule has 5 saturated carbocycles. The first-order valence-electron chi connectivity index (χ1n) is 16.4. The SMILES string of the molecule is C[C@H](CCC(=O)N(CCS(=O)(=O)[O-])C1CCCCC1)[C@H]1CC[C@H]2[C@@H]3CC[C@@H]4C[C@H](O)CC[C@]4(C)[C@H]3C[C@H](O)[C@]12C. The van der Waals surface area contributed by atoms with E-state index in [-0.39, 0.29) is 41.5 Å². The van der Waals surface area contributed by atoms with Crippen LogP contribution in [0.5, 0.6) is 0 Å². The van der Waals surface area contributed by atoms with Crippen LogP contribution in [0.2, 0.25) is 0 Å². The Morgan fingerprint density at radius 2 is 1.70 bits per heavy atom. The zero-order chi connectivity index (χ0) is 28.9. The molecule has 0 aromatic carbocycles. The lowest BCUT2D eigenvalue weighted by molar-refractivity contribution is -0.175. The molecule has 8 heteroatoms. The Morgan fingerprint density at radius 3 is 2.40 bits per heavy atom. The van der Waals surface area contributed by atoms with Gasteiger partial charge in [-0.2, -0.15) is 0 Å². The molecule has 5 rings (SSSR count). The molecular weight excluding hydrogens is 526 g/mol. The van der Waals surface area contributed by atoms with E-state index < -0.39 is 15.9 Å². The first-order chi connectivity index (χ1) is 18.8. The number of carbonyl (C=O) groups is 1. The molecule has 0 aliphatic heterocycles. The van der Waals surface area contributed by atoms with Gasteiger partial charge in [-0.05, 0) is 117 Å². The van der Waals surface area contributed by atoms with Crippen LogP contribution in [0.1, 0.15) is 117 Å². The molecule has 40 heavy (non-hydrogen) atoms. The van der Waals surface area contributed by atoms with Crippen molar-refractivity contribution in [3.05, 3.63) is 0 Å². The van der Waals surface area contributed by atoms with Gasteiger partial charge in [-0.25, -0.2) is 8.42 Å². The Labute approximate surface area is 242 Å². The molecular formula is C32H54NO6S-. The number of aliphatic hydroxyl groups excluding tert-OH is 2. The minimum Gasteiger partial charge on any atom is -0.748 e. The standard InChI is InChI=1S/C32H55NO6S/c1-21(9-14-30(36)33(17-18-40(37,38)39)23-7-5-4-6-8-23)26-12-13-27-25-11-10-22-19-24(34)15-16-31(22,2)28(25)20-29(35)32(26,27)3/h21-29,34-35H,4-20H2,1-3H3,(H,37,38,39)/p-1/t21-,22-,24-,25+,26-,27+,28+,29+,31+,32-/m1/s1. The largest absolute Gasteiger partial charge is 0.748 e. The predicted octanol–water partition coefficient (Wildman–Crippen LogP) is 5.10. The number of rotatable bonds is 8. The highest BCUT2D eigenvalue weighted by Gasteiger charge is 2.63. The second-order valence-electron chi connectivity index (χ2n) is 15.0. The molecule has 0 aromatic rings. The molecule has 10 atom stereocenters. The highest BCUT2D eigenvalue weighted by atomic mass is 32.2. The minimum absolute atomic E-state index is 0.00546. The summed E-state index contributed by atoms with van der Waals surface area (Å²) >= 11 is 0. The second kappa shape index (κ2) is 11.8. The molecule has 7 nitrogen and oxygen atoms in total. The van der Waals surface area contributed by atoms with E-state index in [4.69, 9.17) is 0 Å². The van der Waals surface area contributed by atoms with Crippen LogP contribution in [0.3, 0.4) is 0 Å². The maximum absolute atomic E-state index is 13.4. The molecule has 230 valence electrons. The molecule has 5 aliphatic rings. The van der Waals surface area contributed by atoms with Gasteiger partial charge in [0.1, 0.15) is 0 Å². The van der Waals surface area contributed by atoms with E-state index in [0.717, 1.165) is 77.0 Å². The molecule has 2 N–H and O–H groups in total. The van der Waals surface area contributed by atoms with Gasteiger partial charge in [0, 0.05) is 19.0 Å². The maximum Gasteiger partial charge on any atom is 0.222 e. The summed E-state index contributed by atoms with van der Waals surface area (Å²) in [5, 5.41) is 22.2. The molecule has 0 heterocycles. The van der Waals surface area contributed by atoms with Crippen molar-refractivity contribution >= 4 is 16.0 Å². The third-order valence-corrected chi connectivity index (χ3v) is 13.9. The lowest BCUT2D eigenvalue weighted by Crippen LogP contribution is -2.58. The van der Waals surface area contributed by atoms with Gasteiger partial charge < -0.3 is 19.7 Å². The number of hydrogen-bond donors (Lipinski definition) is 2. The Kier molecular flexibility index (Phi) is 9.04. The number of aliphatic hydroxyl groups is 2. The molecule has 5 aliphatic carbocycles. The predicted molar refractivity (Wildman–Crippen MR) is 154 cm³/mol. The van der Waals surface area contributed by atoms with Crippen LogP contribution in [0.15, 0.2) is 0 Å². The van der Waals surface area contributed by atoms with E-state index in [1.165, 1.54) is 12.8 Å². The fourth-order valence-corrected chi connectivity index (χ4v) is 11.4. The van der Waals surface area contributed by atoms with Crippen LogP contribution in [0.4, 0.5) is 0 Å². The van der Waals surface area contributed by atoms with Gasteiger partial charge in [-0.1, -0.05) is 40.0 Å². The topological polar surface area (TPSA) is 118 Å². The van der Waals surface area contributed by atoms with E-state index >= 15 is 0 Å². The summed E-state index contributed by atoms with van der Waals surface area (Å²) < 4.78 is 34.1.